The third kappa shape index (κ3) is 3.51. The van der Waals surface area contributed by atoms with Crippen molar-refractivity contribution < 1.29 is 15.0 Å². The van der Waals surface area contributed by atoms with Crippen LogP contribution in [0.2, 0.25) is 5.02 Å². The average molecular weight is 380 g/mol. The van der Waals surface area contributed by atoms with Gasteiger partial charge in [0.2, 0.25) is 0 Å². The van der Waals surface area contributed by atoms with Gasteiger partial charge in [-0.3, -0.25) is 4.79 Å². The van der Waals surface area contributed by atoms with Crippen molar-refractivity contribution in [3.8, 4) is 0 Å². The molecule has 2 aliphatic carbocycles. The summed E-state index contributed by atoms with van der Waals surface area (Å²) < 4.78 is 0. The second-order valence-corrected chi connectivity index (χ2v) is 9.11. The summed E-state index contributed by atoms with van der Waals surface area (Å²) in [7, 11) is 0. The number of rotatable bonds is 4. The van der Waals surface area contributed by atoms with E-state index in [2.05, 4.69) is 26.1 Å². The largest absolute Gasteiger partial charge is 0.383 e. The molecule has 0 spiro atoms. The maximum Gasteiger partial charge on any atom is 0.252 e. The summed E-state index contributed by atoms with van der Waals surface area (Å²) >= 11 is 6.09. The number of carbonyl (C=O) groups excluding carboxylic acids is 1. The van der Waals surface area contributed by atoms with Crippen LogP contribution >= 0.6 is 11.6 Å². The Hall–Kier alpha value is -1.10. The fourth-order valence-corrected chi connectivity index (χ4v) is 5.04. The number of hydrogen-bond acceptors (Lipinski definition) is 3. The van der Waals surface area contributed by atoms with Crippen LogP contribution in [0.15, 0.2) is 18.2 Å². The molecule has 0 radical (unpaired) electrons. The van der Waals surface area contributed by atoms with E-state index in [0.29, 0.717) is 23.8 Å². The molecule has 3 N–H and O–H groups in total. The van der Waals surface area contributed by atoms with Gasteiger partial charge in [0, 0.05) is 5.02 Å². The molecule has 4 nitrogen and oxygen atoms in total. The predicted octanol–water partition coefficient (Wildman–Crippen LogP) is 3.41. The number of amides is 1. The lowest BCUT2D eigenvalue weighted by atomic mass is 9.66. The van der Waals surface area contributed by atoms with Crippen molar-refractivity contribution in [2.45, 2.75) is 64.1 Å². The number of carbonyl (C=O) groups is 1. The highest BCUT2D eigenvalue weighted by Crippen LogP contribution is 2.42. The van der Waals surface area contributed by atoms with Crippen LogP contribution in [-0.4, -0.2) is 28.3 Å². The monoisotopic (exact) mass is 379 g/mol. The van der Waals surface area contributed by atoms with Crippen molar-refractivity contribution in [3.05, 3.63) is 34.3 Å². The van der Waals surface area contributed by atoms with E-state index in [-0.39, 0.29) is 24.3 Å². The Kier molecular flexibility index (Phi) is 5.40. The maximum absolute atomic E-state index is 13.0. The number of hydrogen-bond donors (Lipinski definition) is 3. The molecular weight excluding hydrogens is 350 g/mol. The number of fused-ring (bicyclic) bond motifs is 1. The molecule has 1 aromatic carbocycles. The first-order chi connectivity index (χ1) is 12.2. The first kappa shape index (κ1) is 19.7. The zero-order valence-electron chi connectivity index (χ0n) is 15.9. The molecule has 0 heterocycles. The molecule has 0 saturated heterocycles. The smallest absolute Gasteiger partial charge is 0.252 e. The second-order valence-electron chi connectivity index (χ2n) is 8.68. The Morgan fingerprint density at radius 3 is 2.77 bits per heavy atom. The molecule has 1 saturated carbocycles. The zero-order valence-corrected chi connectivity index (χ0v) is 16.6. The lowest BCUT2D eigenvalue weighted by Gasteiger charge is -2.43. The van der Waals surface area contributed by atoms with Crippen molar-refractivity contribution in [1.29, 1.82) is 0 Å². The SMILES string of the molecule is CC(C)[C@@H]1CC[C@@H](C)C[C@@]1(O)C(=O)NCC1(O)CCc2ccc(Cl)cc21. The third-order valence-electron chi connectivity index (χ3n) is 6.36. The van der Waals surface area contributed by atoms with Crippen LogP contribution in [0.25, 0.3) is 0 Å². The highest BCUT2D eigenvalue weighted by atomic mass is 35.5. The van der Waals surface area contributed by atoms with Gasteiger partial charge >= 0.3 is 0 Å². The van der Waals surface area contributed by atoms with Crippen LogP contribution in [0.5, 0.6) is 0 Å². The van der Waals surface area contributed by atoms with E-state index in [1.807, 2.05) is 12.1 Å². The summed E-state index contributed by atoms with van der Waals surface area (Å²) in [5.74, 6) is 0.132. The van der Waals surface area contributed by atoms with Gasteiger partial charge in [0.25, 0.3) is 5.91 Å². The van der Waals surface area contributed by atoms with Gasteiger partial charge < -0.3 is 15.5 Å². The lowest BCUT2D eigenvalue weighted by molar-refractivity contribution is -0.157. The Morgan fingerprint density at radius 1 is 1.35 bits per heavy atom. The second kappa shape index (κ2) is 7.14. The molecule has 4 atom stereocenters. The van der Waals surface area contributed by atoms with E-state index in [9.17, 15) is 15.0 Å². The third-order valence-corrected chi connectivity index (χ3v) is 6.60. The molecule has 26 heavy (non-hydrogen) atoms. The highest BCUT2D eigenvalue weighted by Gasteiger charge is 2.49. The van der Waals surface area contributed by atoms with E-state index in [0.717, 1.165) is 30.4 Å². The van der Waals surface area contributed by atoms with Gasteiger partial charge in [0.1, 0.15) is 11.2 Å². The van der Waals surface area contributed by atoms with E-state index in [1.165, 1.54) is 0 Å². The molecule has 0 bridgehead atoms. The van der Waals surface area contributed by atoms with E-state index < -0.39 is 11.2 Å². The minimum Gasteiger partial charge on any atom is -0.383 e. The van der Waals surface area contributed by atoms with Crippen molar-refractivity contribution in [2.75, 3.05) is 6.54 Å². The fraction of sp³-hybridized carbons (Fsp3) is 0.667. The topological polar surface area (TPSA) is 69.6 Å². The number of aliphatic hydroxyl groups is 2. The molecule has 0 aromatic heterocycles. The van der Waals surface area contributed by atoms with Gasteiger partial charge in [-0.15, -0.1) is 0 Å². The molecule has 0 aliphatic heterocycles. The Bertz CT molecular complexity index is 692. The van der Waals surface area contributed by atoms with E-state index in [1.54, 1.807) is 6.07 Å². The van der Waals surface area contributed by atoms with Crippen LogP contribution in [0.1, 0.15) is 57.6 Å². The number of nitrogens with one attached hydrogen (secondary N) is 1. The van der Waals surface area contributed by atoms with Gasteiger partial charge in [-0.1, -0.05) is 44.9 Å². The van der Waals surface area contributed by atoms with Gasteiger partial charge in [-0.2, -0.15) is 0 Å². The quantitative estimate of drug-likeness (QED) is 0.750. The van der Waals surface area contributed by atoms with Gasteiger partial charge in [-0.25, -0.2) is 0 Å². The summed E-state index contributed by atoms with van der Waals surface area (Å²) in [5, 5.41) is 25.7. The van der Waals surface area contributed by atoms with E-state index >= 15 is 0 Å². The summed E-state index contributed by atoms with van der Waals surface area (Å²) in [5.41, 5.74) is -0.636. The summed E-state index contributed by atoms with van der Waals surface area (Å²) in [6, 6.07) is 5.54. The minimum atomic E-state index is -1.36. The molecule has 1 unspecified atom stereocenters. The van der Waals surface area contributed by atoms with Crippen LogP contribution in [0.3, 0.4) is 0 Å². The normalized spacial score (nSPS) is 34.0. The highest BCUT2D eigenvalue weighted by molar-refractivity contribution is 6.30. The molecule has 5 heteroatoms. The lowest BCUT2D eigenvalue weighted by Crippen LogP contribution is -2.57. The average Bonchev–Trinajstić information content (AvgIpc) is 2.89. The molecule has 1 amide bonds. The predicted molar refractivity (Wildman–Crippen MR) is 103 cm³/mol. The van der Waals surface area contributed by atoms with Crippen molar-refractivity contribution in [2.24, 2.45) is 17.8 Å². The molecule has 3 rings (SSSR count). The Morgan fingerprint density at radius 2 is 2.08 bits per heavy atom. The van der Waals surface area contributed by atoms with Crippen LogP contribution in [-0.2, 0) is 16.8 Å². The van der Waals surface area contributed by atoms with Gasteiger partial charge in [0.05, 0.1) is 6.54 Å². The summed E-state index contributed by atoms with van der Waals surface area (Å²) in [4.78, 5) is 13.0. The minimum absolute atomic E-state index is 0.0568. The van der Waals surface area contributed by atoms with Crippen LogP contribution in [0.4, 0.5) is 0 Å². The van der Waals surface area contributed by atoms with Crippen molar-refractivity contribution in [3.63, 3.8) is 0 Å². The maximum atomic E-state index is 13.0. The Balaban J connectivity index is 1.75. The standard InChI is InChI=1S/C21H30ClNO3/c1-13(2)17-7-4-14(3)11-21(17,26)19(24)23-12-20(25)9-8-15-5-6-16(22)10-18(15)20/h5-6,10,13-14,17,25-26H,4,7-9,11-12H2,1-3H3,(H,23,24)/t14-,17+,20?,21+/m1/s1. The number of aryl methyl sites for hydroxylation is 1. The van der Waals surface area contributed by atoms with Crippen LogP contribution < -0.4 is 5.32 Å². The molecule has 1 aromatic rings. The first-order valence-electron chi connectivity index (χ1n) is 9.67. The fourth-order valence-electron chi connectivity index (χ4n) is 4.87. The van der Waals surface area contributed by atoms with Crippen molar-refractivity contribution >= 4 is 17.5 Å². The molecular formula is C21H30ClNO3. The number of benzene rings is 1. The number of halogens is 1. The van der Waals surface area contributed by atoms with E-state index in [4.69, 9.17) is 11.6 Å². The molecule has 144 valence electrons. The molecule has 2 aliphatic rings. The molecule has 1 fully saturated rings. The van der Waals surface area contributed by atoms with Crippen molar-refractivity contribution in [1.82, 2.24) is 5.32 Å². The first-order valence-corrected chi connectivity index (χ1v) is 10.1. The van der Waals surface area contributed by atoms with Crippen LogP contribution in [0, 0.1) is 17.8 Å². The van der Waals surface area contributed by atoms with Gasteiger partial charge in [-0.05, 0) is 66.7 Å². The van der Waals surface area contributed by atoms with Gasteiger partial charge in [0.15, 0.2) is 0 Å². The Labute approximate surface area is 160 Å². The summed E-state index contributed by atoms with van der Waals surface area (Å²) in [6.45, 7) is 6.29. The zero-order chi connectivity index (χ0) is 19.1. The summed E-state index contributed by atoms with van der Waals surface area (Å²) in [6.07, 6.45) is 3.67.